The lowest BCUT2D eigenvalue weighted by Gasteiger charge is -2.10. The molecular formula is C16H15BrN4O3S. The number of carbonyl (C=O) groups is 1. The minimum Gasteiger partial charge on any atom is -0.345 e. The molecule has 0 spiro atoms. The molecule has 2 aromatic heterocycles. The van der Waals surface area contributed by atoms with Crippen LogP contribution in [-0.4, -0.2) is 23.9 Å². The van der Waals surface area contributed by atoms with Crippen LogP contribution in [0.25, 0.3) is 10.9 Å². The van der Waals surface area contributed by atoms with Gasteiger partial charge in [-0.15, -0.1) is 4.83 Å². The Bertz CT molecular complexity index is 1080. The second-order valence-corrected chi connectivity index (χ2v) is 8.12. The van der Waals surface area contributed by atoms with Crippen LogP contribution >= 0.6 is 15.9 Å². The monoisotopic (exact) mass is 422 g/mol. The number of hydrogen-bond acceptors (Lipinski definition) is 4. The SMILES string of the molecule is Cc1cnc2c(S(=O)(=O)NNC(=O)c3cc(Br)cn3C)cccc2c1. The van der Waals surface area contributed by atoms with Crippen LogP contribution in [0, 0.1) is 6.92 Å². The molecule has 7 nitrogen and oxygen atoms in total. The Kier molecular flexibility index (Phi) is 4.63. The molecule has 0 aliphatic heterocycles. The molecule has 0 saturated heterocycles. The summed E-state index contributed by atoms with van der Waals surface area (Å²) in [6.07, 6.45) is 3.29. The van der Waals surface area contributed by atoms with Gasteiger partial charge in [-0.05, 0) is 46.6 Å². The van der Waals surface area contributed by atoms with E-state index in [0.29, 0.717) is 16.6 Å². The molecule has 0 unspecified atom stereocenters. The van der Waals surface area contributed by atoms with Crippen LogP contribution < -0.4 is 10.3 Å². The molecule has 9 heteroatoms. The van der Waals surface area contributed by atoms with Crippen LogP contribution in [0.1, 0.15) is 16.1 Å². The average molecular weight is 423 g/mol. The number of aryl methyl sites for hydroxylation is 2. The summed E-state index contributed by atoms with van der Waals surface area (Å²) in [6, 6.07) is 8.30. The zero-order valence-corrected chi connectivity index (χ0v) is 15.8. The van der Waals surface area contributed by atoms with E-state index in [0.717, 1.165) is 10.0 Å². The quantitative estimate of drug-likeness (QED) is 0.630. The fourth-order valence-corrected chi connectivity index (χ4v) is 3.99. The van der Waals surface area contributed by atoms with Crippen LogP contribution in [0.15, 0.2) is 52.1 Å². The number of nitrogens with one attached hydrogen (secondary N) is 2. The van der Waals surface area contributed by atoms with Crippen molar-refractivity contribution >= 4 is 42.8 Å². The smallest absolute Gasteiger partial charge is 0.282 e. The summed E-state index contributed by atoms with van der Waals surface area (Å²) in [5, 5.41) is 0.709. The molecule has 1 aromatic carbocycles. The maximum atomic E-state index is 12.6. The summed E-state index contributed by atoms with van der Waals surface area (Å²) >= 11 is 3.26. The van der Waals surface area contributed by atoms with Crippen LogP contribution in [0.3, 0.4) is 0 Å². The first-order valence-electron chi connectivity index (χ1n) is 7.27. The van der Waals surface area contributed by atoms with E-state index in [1.54, 1.807) is 42.2 Å². The number of benzene rings is 1. The molecule has 130 valence electrons. The van der Waals surface area contributed by atoms with E-state index in [1.165, 1.54) is 6.07 Å². The number of halogens is 1. The fraction of sp³-hybridized carbons (Fsp3) is 0.125. The van der Waals surface area contributed by atoms with Crippen molar-refractivity contribution in [3.05, 3.63) is 58.5 Å². The summed E-state index contributed by atoms with van der Waals surface area (Å²) in [5.41, 5.74) is 3.80. The summed E-state index contributed by atoms with van der Waals surface area (Å²) in [6.45, 7) is 1.88. The molecule has 25 heavy (non-hydrogen) atoms. The number of para-hydroxylation sites is 1. The predicted molar refractivity (Wildman–Crippen MR) is 97.4 cm³/mol. The zero-order valence-electron chi connectivity index (χ0n) is 13.4. The van der Waals surface area contributed by atoms with Crippen molar-refractivity contribution in [1.82, 2.24) is 19.8 Å². The number of sulfonamides is 1. The fourth-order valence-electron chi connectivity index (χ4n) is 2.44. The zero-order chi connectivity index (χ0) is 18.2. The molecule has 0 radical (unpaired) electrons. The molecule has 0 bridgehead atoms. The van der Waals surface area contributed by atoms with Crippen molar-refractivity contribution in [2.75, 3.05) is 0 Å². The number of amides is 1. The second kappa shape index (κ2) is 6.58. The summed E-state index contributed by atoms with van der Waals surface area (Å²) in [4.78, 5) is 18.5. The van der Waals surface area contributed by atoms with Gasteiger partial charge in [0.2, 0.25) is 0 Å². The molecule has 0 saturated carbocycles. The lowest BCUT2D eigenvalue weighted by molar-refractivity contribution is 0.0937. The van der Waals surface area contributed by atoms with Crippen molar-refractivity contribution in [3.8, 4) is 0 Å². The maximum absolute atomic E-state index is 12.6. The maximum Gasteiger partial charge on any atom is 0.282 e. The topological polar surface area (TPSA) is 93.1 Å². The van der Waals surface area contributed by atoms with Crippen LogP contribution in [0.2, 0.25) is 0 Å². The lowest BCUT2D eigenvalue weighted by Crippen LogP contribution is -2.42. The van der Waals surface area contributed by atoms with Crippen molar-refractivity contribution in [2.45, 2.75) is 11.8 Å². The van der Waals surface area contributed by atoms with Gasteiger partial charge in [-0.2, -0.15) is 0 Å². The highest BCUT2D eigenvalue weighted by Gasteiger charge is 2.20. The van der Waals surface area contributed by atoms with E-state index in [9.17, 15) is 13.2 Å². The number of hydrazine groups is 1. The van der Waals surface area contributed by atoms with Crippen LogP contribution in [-0.2, 0) is 17.1 Å². The van der Waals surface area contributed by atoms with E-state index in [-0.39, 0.29) is 4.90 Å². The summed E-state index contributed by atoms with van der Waals surface area (Å²) in [5.74, 6) is -0.569. The van der Waals surface area contributed by atoms with Gasteiger partial charge < -0.3 is 4.57 Å². The van der Waals surface area contributed by atoms with E-state index in [2.05, 4.69) is 31.2 Å². The predicted octanol–water partition coefficient (Wildman–Crippen LogP) is 2.27. The first-order chi connectivity index (χ1) is 11.8. The van der Waals surface area contributed by atoms with Gasteiger partial charge in [-0.3, -0.25) is 15.2 Å². The largest absolute Gasteiger partial charge is 0.345 e. The van der Waals surface area contributed by atoms with Gasteiger partial charge >= 0.3 is 0 Å². The molecule has 0 aliphatic rings. The van der Waals surface area contributed by atoms with E-state index >= 15 is 0 Å². The third-order valence-corrected chi connectivity index (χ3v) is 5.32. The highest BCUT2D eigenvalue weighted by atomic mass is 79.9. The Hall–Kier alpha value is -2.23. The number of nitrogens with zero attached hydrogens (tertiary/aromatic N) is 2. The number of rotatable bonds is 4. The van der Waals surface area contributed by atoms with E-state index in [1.807, 2.05) is 13.0 Å². The van der Waals surface area contributed by atoms with Gasteiger partial charge in [-0.1, -0.05) is 12.1 Å². The molecule has 0 atom stereocenters. The Morgan fingerprint density at radius 2 is 2.04 bits per heavy atom. The summed E-state index contributed by atoms with van der Waals surface area (Å²) < 4.78 is 27.4. The molecule has 1 amide bonds. The molecule has 3 rings (SSSR count). The number of hydrogen-bond donors (Lipinski definition) is 2. The molecule has 0 aliphatic carbocycles. The number of aromatic nitrogens is 2. The third kappa shape index (κ3) is 3.58. The molecule has 3 aromatic rings. The minimum atomic E-state index is -3.97. The van der Waals surface area contributed by atoms with Crippen molar-refractivity contribution in [2.24, 2.45) is 7.05 Å². The van der Waals surface area contributed by atoms with E-state index < -0.39 is 15.9 Å². The van der Waals surface area contributed by atoms with Gasteiger partial charge in [0.05, 0.1) is 5.52 Å². The molecule has 0 fully saturated rings. The Morgan fingerprint density at radius 1 is 1.28 bits per heavy atom. The van der Waals surface area contributed by atoms with Gasteiger partial charge in [0.25, 0.3) is 15.9 Å². The van der Waals surface area contributed by atoms with Gasteiger partial charge in [0.15, 0.2) is 0 Å². The van der Waals surface area contributed by atoms with E-state index in [4.69, 9.17) is 0 Å². The van der Waals surface area contributed by atoms with Crippen LogP contribution in [0.4, 0.5) is 0 Å². The Morgan fingerprint density at radius 3 is 2.72 bits per heavy atom. The normalized spacial score (nSPS) is 11.6. The summed E-state index contributed by atoms with van der Waals surface area (Å²) in [7, 11) is -2.29. The average Bonchev–Trinajstić information content (AvgIpc) is 2.90. The lowest BCUT2D eigenvalue weighted by atomic mass is 10.2. The molecule has 2 heterocycles. The Balaban J connectivity index is 1.88. The first-order valence-corrected chi connectivity index (χ1v) is 9.55. The van der Waals surface area contributed by atoms with Crippen molar-refractivity contribution in [3.63, 3.8) is 0 Å². The standard InChI is InChI=1S/C16H15BrN4O3S/c1-10-6-11-4-3-5-14(15(11)18-8-10)25(23,24)20-19-16(22)13-7-12(17)9-21(13)2/h3-9,20H,1-2H3,(H,19,22). The third-order valence-electron chi connectivity index (χ3n) is 3.60. The number of pyridine rings is 1. The van der Waals surface area contributed by atoms with Crippen molar-refractivity contribution < 1.29 is 13.2 Å². The van der Waals surface area contributed by atoms with Crippen LogP contribution in [0.5, 0.6) is 0 Å². The highest BCUT2D eigenvalue weighted by molar-refractivity contribution is 9.10. The molecule has 2 N–H and O–H groups in total. The number of fused-ring (bicyclic) bond motifs is 1. The first kappa shape index (κ1) is 17.6. The van der Waals surface area contributed by atoms with Gasteiger partial charge in [-0.25, -0.2) is 8.42 Å². The Labute approximate surface area is 153 Å². The second-order valence-electron chi connectivity index (χ2n) is 5.55. The van der Waals surface area contributed by atoms with Crippen molar-refractivity contribution in [1.29, 1.82) is 0 Å². The number of carbonyl (C=O) groups excluding carboxylic acids is 1. The molecular weight excluding hydrogens is 408 g/mol. The highest BCUT2D eigenvalue weighted by Crippen LogP contribution is 2.21. The van der Waals surface area contributed by atoms with Gasteiger partial charge in [0, 0.05) is 29.3 Å². The minimum absolute atomic E-state index is 0.00152. The van der Waals surface area contributed by atoms with Gasteiger partial charge in [0.1, 0.15) is 10.6 Å².